The molecular formula is C29H31ClN6O3. The number of rotatable bonds is 11. The fourth-order valence-corrected chi connectivity index (χ4v) is 5.01. The van der Waals surface area contributed by atoms with Crippen molar-refractivity contribution in [2.45, 2.75) is 18.4 Å². The van der Waals surface area contributed by atoms with Crippen molar-refractivity contribution in [1.82, 2.24) is 9.88 Å². The maximum atomic E-state index is 13.9. The Kier molecular flexibility index (Phi) is 8.41. The molecule has 0 fully saturated rings. The van der Waals surface area contributed by atoms with Crippen LogP contribution in [0.3, 0.4) is 0 Å². The Labute approximate surface area is 231 Å². The molecule has 4 rings (SSSR count). The molecule has 0 radical (unpaired) electrons. The van der Waals surface area contributed by atoms with E-state index in [2.05, 4.69) is 9.98 Å². The van der Waals surface area contributed by atoms with Crippen LogP contribution < -0.4 is 21.9 Å². The summed E-state index contributed by atoms with van der Waals surface area (Å²) in [5.74, 6) is -0.448. The van der Waals surface area contributed by atoms with E-state index in [9.17, 15) is 9.59 Å². The van der Waals surface area contributed by atoms with E-state index in [0.717, 1.165) is 16.5 Å². The number of nitrogens with one attached hydrogen (secondary N) is 1. The van der Waals surface area contributed by atoms with Crippen molar-refractivity contribution in [3.63, 3.8) is 0 Å². The van der Waals surface area contributed by atoms with Gasteiger partial charge in [0.1, 0.15) is 5.75 Å². The van der Waals surface area contributed by atoms with Crippen molar-refractivity contribution >= 4 is 40.3 Å². The molecule has 4 aromatic rings. The zero-order valence-electron chi connectivity index (χ0n) is 21.6. The van der Waals surface area contributed by atoms with Gasteiger partial charge in [0.2, 0.25) is 5.91 Å². The fourth-order valence-electron chi connectivity index (χ4n) is 4.88. The first kappa shape index (κ1) is 27.5. The number of carbonyl (C=O) groups excluding carboxylic acids is 2. The number of ether oxygens (including phenoxy) is 1. The zero-order chi connectivity index (χ0) is 28.0. The van der Waals surface area contributed by atoms with Gasteiger partial charge in [0, 0.05) is 35.1 Å². The SMILES string of the molecule is COc1ccc2[nH]cc(CCN(C(=O)CCN=C(N)N)C(C(N)=O)(c3ccccc3)c3ccc(Cl)cc3)c2c1. The number of aromatic nitrogens is 1. The number of aromatic amines is 1. The molecule has 0 saturated heterocycles. The highest BCUT2D eigenvalue weighted by Gasteiger charge is 2.48. The van der Waals surface area contributed by atoms with Gasteiger partial charge in [-0.15, -0.1) is 0 Å². The number of halogens is 1. The van der Waals surface area contributed by atoms with Crippen molar-refractivity contribution < 1.29 is 14.3 Å². The number of benzene rings is 3. The Balaban J connectivity index is 1.85. The summed E-state index contributed by atoms with van der Waals surface area (Å²) in [6, 6.07) is 21.5. The molecule has 10 heteroatoms. The molecule has 1 aromatic heterocycles. The Morgan fingerprint density at radius 3 is 2.33 bits per heavy atom. The summed E-state index contributed by atoms with van der Waals surface area (Å²) < 4.78 is 5.40. The number of carbonyl (C=O) groups is 2. The van der Waals surface area contributed by atoms with Crippen LogP contribution in [0.15, 0.2) is 84.0 Å². The Morgan fingerprint density at radius 2 is 1.69 bits per heavy atom. The average Bonchev–Trinajstić information content (AvgIpc) is 3.33. The highest BCUT2D eigenvalue weighted by atomic mass is 35.5. The van der Waals surface area contributed by atoms with E-state index in [-0.39, 0.29) is 31.4 Å². The lowest BCUT2D eigenvalue weighted by Gasteiger charge is -2.42. The quantitative estimate of drug-likeness (QED) is 0.168. The summed E-state index contributed by atoms with van der Waals surface area (Å²) in [5.41, 5.74) is 18.5. The van der Waals surface area contributed by atoms with Crippen LogP contribution in [0.2, 0.25) is 5.02 Å². The minimum Gasteiger partial charge on any atom is -0.497 e. The molecule has 0 bridgehead atoms. The number of aliphatic imine (C=N–C) groups is 1. The highest BCUT2D eigenvalue weighted by Crippen LogP contribution is 2.38. The molecule has 39 heavy (non-hydrogen) atoms. The van der Waals surface area contributed by atoms with Gasteiger partial charge in [-0.3, -0.25) is 14.6 Å². The van der Waals surface area contributed by atoms with Gasteiger partial charge < -0.3 is 31.8 Å². The van der Waals surface area contributed by atoms with Crippen molar-refractivity contribution in [2.75, 3.05) is 20.2 Å². The molecule has 1 atom stereocenters. The number of fused-ring (bicyclic) bond motifs is 1. The van der Waals surface area contributed by atoms with Gasteiger partial charge in [-0.1, -0.05) is 54.1 Å². The van der Waals surface area contributed by atoms with Crippen LogP contribution in [-0.2, 0) is 21.5 Å². The molecule has 1 heterocycles. The molecule has 0 aliphatic carbocycles. The summed E-state index contributed by atoms with van der Waals surface area (Å²) >= 11 is 6.19. The van der Waals surface area contributed by atoms with Crippen LogP contribution in [0, 0.1) is 0 Å². The molecule has 0 aliphatic rings. The molecule has 0 aliphatic heterocycles. The van der Waals surface area contributed by atoms with Crippen molar-refractivity contribution in [2.24, 2.45) is 22.2 Å². The van der Waals surface area contributed by atoms with Crippen molar-refractivity contribution in [3.8, 4) is 5.75 Å². The third kappa shape index (κ3) is 5.68. The van der Waals surface area contributed by atoms with Gasteiger partial charge in [0.15, 0.2) is 11.5 Å². The number of H-pyrrole nitrogens is 1. The average molecular weight is 547 g/mol. The highest BCUT2D eigenvalue weighted by molar-refractivity contribution is 6.30. The number of nitrogens with zero attached hydrogens (tertiary/aromatic N) is 2. The second kappa shape index (κ2) is 11.9. The molecule has 2 amide bonds. The number of guanidine groups is 1. The Morgan fingerprint density at radius 1 is 1.00 bits per heavy atom. The molecule has 3 aromatic carbocycles. The predicted octanol–water partition coefficient (Wildman–Crippen LogP) is 3.29. The second-order valence-corrected chi connectivity index (χ2v) is 9.46. The van der Waals surface area contributed by atoms with Crippen LogP contribution in [0.4, 0.5) is 0 Å². The fraction of sp³-hybridized carbons (Fsp3) is 0.207. The summed E-state index contributed by atoms with van der Waals surface area (Å²) in [6.45, 7) is 0.234. The van der Waals surface area contributed by atoms with E-state index >= 15 is 0 Å². The lowest BCUT2D eigenvalue weighted by molar-refractivity contribution is -0.144. The van der Waals surface area contributed by atoms with E-state index in [1.54, 1.807) is 55.6 Å². The van der Waals surface area contributed by atoms with E-state index in [1.165, 1.54) is 4.90 Å². The van der Waals surface area contributed by atoms with Gasteiger partial charge in [-0.05, 0) is 53.4 Å². The summed E-state index contributed by atoms with van der Waals surface area (Å²) in [4.78, 5) is 36.3. The van der Waals surface area contributed by atoms with Gasteiger partial charge in [-0.25, -0.2) is 0 Å². The van der Waals surface area contributed by atoms with Crippen LogP contribution in [0.25, 0.3) is 10.9 Å². The molecular weight excluding hydrogens is 516 g/mol. The standard InChI is InChI=1S/C29H31ClN6O3/c1-39-23-11-12-25-24(17-23)19(18-35-25)14-16-36(26(37)13-15-34-28(32)33)29(27(31)38,20-5-3-2-4-6-20)21-7-9-22(30)10-8-21/h2-12,17-18,35H,13-16H2,1H3,(H2,31,38)(H4,32,33,34). The van der Waals surface area contributed by atoms with Gasteiger partial charge in [0.25, 0.3) is 5.91 Å². The second-order valence-electron chi connectivity index (χ2n) is 9.02. The van der Waals surface area contributed by atoms with Crippen molar-refractivity contribution in [1.29, 1.82) is 0 Å². The molecule has 0 saturated carbocycles. The number of hydrogen-bond donors (Lipinski definition) is 4. The molecule has 202 valence electrons. The monoisotopic (exact) mass is 546 g/mol. The number of methoxy groups -OCH3 is 1. The zero-order valence-corrected chi connectivity index (χ0v) is 22.3. The topological polar surface area (TPSA) is 153 Å². The first-order valence-electron chi connectivity index (χ1n) is 12.4. The first-order chi connectivity index (χ1) is 18.8. The molecule has 0 spiro atoms. The van der Waals surface area contributed by atoms with Gasteiger partial charge in [0.05, 0.1) is 13.7 Å². The lowest BCUT2D eigenvalue weighted by atomic mass is 9.79. The van der Waals surface area contributed by atoms with Crippen LogP contribution in [0.1, 0.15) is 23.1 Å². The molecule has 7 N–H and O–H groups in total. The maximum absolute atomic E-state index is 13.9. The van der Waals surface area contributed by atoms with E-state index in [1.807, 2.05) is 30.5 Å². The number of primary amides is 1. The smallest absolute Gasteiger partial charge is 0.252 e. The van der Waals surface area contributed by atoms with E-state index in [4.69, 9.17) is 33.5 Å². The van der Waals surface area contributed by atoms with Crippen LogP contribution in [0.5, 0.6) is 5.75 Å². The largest absolute Gasteiger partial charge is 0.497 e. The van der Waals surface area contributed by atoms with Crippen LogP contribution in [-0.4, -0.2) is 47.9 Å². The van der Waals surface area contributed by atoms with Gasteiger partial charge >= 0.3 is 0 Å². The van der Waals surface area contributed by atoms with Gasteiger partial charge in [-0.2, -0.15) is 0 Å². The summed E-state index contributed by atoms with van der Waals surface area (Å²) in [6.07, 6.45) is 2.29. The van der Waals surface area contributed by atoms with Crippen LogP contribution >= 0.6 is 11.6 Å². The normalized spacial score (nSPS) is 12.5. The van der Waals surface area contributed by atoms with Crippen molar-refractivity contribution in [3.05, 3.63) is 101 Å². The van der Waals surface area contributed by atoms with E-state index in [0.29, 0.717) is 28.3 Å². The first-order valence-corrected chi connectivity index (χ1v) is 12.8. The summed E-state index contributed by atoms with van der Waals surface area (Å²) in [5, 5.41) is 1.45. The minimum atomic E-state index is -1.62. The maximum Gasteiger partial charge on any atom is 0.252 e. The number of hydrogen-bond acceptors (Lipinski definition) is 4. The number of amides is 2. The third-order valence-electron chi connectivity index (χ3n) is 6.72. The molecule has 9 nitrogen and oxygen atoms in total. The minimum absolute atomic E-state index is 0.0327. The summed E-state index contributed by atoms with van der Waals surface area (Å²) in [7, 11) is 1.61. The Hall–Kier alpha value is -4.50. The predicted molar refractivity (Wildman–Crippen MR) is 153 cm³/mol. The molecule has 1 unspecified atom stereocenters. The third-order valence-corrected chi connectivity index (χ3v) is 6.97. The van der Waals surface area contributed by atoms with E-state index < -0.39 is 11.4 Å². The lowest BCUT2D eigenvalue weighted by Crippen LogP contribution is -2.58. The number of nitrogens with two attached hydrogens (primary N) is 3. The Bertz CT molecular complexity index is 1480.